The number of aromatic nitrogens is 1. The van der Waals surface area contributed by atoms with Crippen LogP contribution in [0.2, 0.25) is 0 Å². The van der Waals surface area contributed by atoms with Gasteiger partial charge in [-0.1, -0.05) is 0 Å². The smallest absolute Gasteiger partial charge is 0.253 e. The number of nitrogens with one attached hydrogen (secondary N) is 3. The molecule has 0 bridgehead atoms. The Kier molecular flexibility index (Phi) is 4.49. The Labute approximate surface area is 100 Å². The van der Waals surface area contributed by atoms with E-state index in [1.54, 1.807) is 0 Å². The average molecular weight is 239 g/mol. The Hall–Kier alpha value is -1.36. The van der Waals surface area contributed by atoms with Crippen molar-refractivity contribution in [2.24, 2.45) is 0 Å². The molecule has 0 fully saturated rings. The number of thiocarbonyl (C=S) groups is 1. The second kappa shape index (κ2) is 5.65. The van der Waals surface area contributed by atoms with Crippen molar-refractivity contribution in [1.29, 1.82) is 0 Å². The van der Waals surface area contributed by atoms with Gasteiger partial charge in [0.1, 0.15) is 0 Å². The van der Waals surface area contributed by atoms with Gasteiger partial charge in [-0.25, -0.2) is 0 Å². The number of hydrogen-bond acceptors (Lipinski definition) is 2. The molecule has 0 aliphatic heterocycles. The number of pyridine rings is 1. The van der Waals surface area contributed by atoms with Crippen LogP contribution < -0.4 is 16.2 Å². The van der Waals surface area contributed by atoms with Crippen LogP contribution in [0.3, 0.4) is 0 Å². The molecule has 1 aromatic heterocycles. The lowest BCUT2D eigenvalue weighted by atomic mass is 10.1. The Bertz CT molecular complexity index is 439. The summed E-state index contributed by atoms with van der Waals surface area (Å²) >= 11 is 5.03. The normalized spacial score (nSPS) is 9.94. The maximum Gasteiger partial charge on any atom is 0.253 e. The highest BCUT2D eigenvalue weighted by Crippen LogP contribution is 2.02. The third-order valence-corrected chi connectivity index (χ3v) is 2.55. The van der Waals surface area contributed by atoms with Crippen LogP contribution in [-0.4, -0.2) is 16.6 Å². The van der Waals surface area contributed by atoms with E-state index < -0.39 is 0 Å². The second-order valence-electron chi connectivity index (χ2n) is 3.66. The van der Waals surface area contributed by atoms with Crippen LogP contribution in [0.25, 0.3) is 0 Å². The molecule has 0 unspecified atom stereocenters. The molecule has 4 nitrogen and oxygen atoms in total. The van der Waals surface area contributed by atoms with Crippen molar-refractivity contribution >= 4 is 17.3 Å². The van der Waals surface area contributed by atoms with Crippen molar-refractivity contribution in [3.8, 4) is 0 Å². The van der Waals surface area contributed by atoms with Crippen LogP contribution >= 0.6 is 12.2 Å². The fraction of sp³-hybridized carbons (Fsp3) is 0.455. The molecule has 0 amide bonds. The van der Waals surface area contributed by atoms with Gasteiger partial charge < -0.3 is 15.6 Å². The van der Waals surface area contributed by atoms with Crippen LogP contribution in [-0.2, 0) is 6.54 Å². The summed E-state index contributed by atoms with van der Waals surface area (Å²) in [5.74, 6) is 0. The van der Waals surface area contributed by atoms with Crippen molar-refractivity contribution in [2.75, 3.05) is 6.54 Å². The van der Waals surface area contributed by atoms with Crippen molar-refractivity contribution < 1.29 is 0 Å². The van der Waals surface area contributed by atoms with Crippen LogP contribution in [0.15, 0.2) is 10.9 Å². The number of aromatic amines is 1. The van der Waals surface area contributed by atoms with Gasteiger partial charge >= 0.3 is 0 Å². The first-order valence-electron chi connectivity index (χ1n) is 5.25. The quantitative estimate of drug-likeness (QED) is 0.688. The van der Waals surface area contributed by atoms with Gasteiger partial charge in [-0.2, -0.15) is 0 Å². The van der Waals surface area contributed by atoms with Crippen LogP contribution in [0.5, 0.6) is 0 Å². The molecular formula is C11H17N3OS. The molecule has 0 radical (unpaired) electrons. The number of H-pyrrole nitrogens is 1. The maximum absolute atomic E-state index is 11.7. The number of hydrogen-bond donors (Lipinski definition) is 3. The van der Waals surface area contributed by atoms with Crippen LogP contribution in [0, 0.1) is 13.8 Å². The molecule has 0 saturated heterocycles. The zero-order valence-electron chi connectivity index (χ0n) is 9.81. The first kappa shape index (κ1) is 12.7. The fourth-order valence-corrected chi connectivity index (χ4v) is 1.71. The van der Waals surface area contributed by atoms with E-state index in [4.69, 9.17) is 12.2 Å². The summed E-state index contributed by atoms with van der Waals surface area (Å²) in [4.78, 5) is 14.4. The summed E-state index contributed by atoms with van der Waals surface area (Å²) in [6.07, 6.45) is 0. The molecule has 0 saturated carbocycles. The largest absolute Gasteiger partial charge is 0.363 e. The zero-order valence-corrected chi connectivity index (χ0v) is 10.6. The molecule has 0 aliphatic rings. The summed E-state index contributed by atoms with van der Waals surface area (Å²) in [5.41, 5.74) is 2.53. The monoisotopic (exact) mass is 239 g/mol. The van der Waals surface area contributed by atoms with Gasteiger partial charge in [0, 0.05) is 24.3 Å². The van der Waals surface area contributed by atoms with Gasteiger partial charge in [-0.15, -0.1) is 0 Å². The summed E-state index contributed by atoms with van der Waals surface area (Å²) in [5, 5.41) is 6.55. The predicted octanol–water partition coefficient (Wildman–Crippen LogP) is 0.976. The van der Waals surface area contributed by atoms with E-state index in [0.29, 0.717) is 11.7 Å². The minimum Gasteiger partial charge on any atom is -0.363 e. The summed E-state index contributed by atoms with van der Waals surface area (Å²) in [6.45, 7) is 6.99. The molecule has 1 rings (SSSR count). The molecule has 3 N–H and O–H groups in total. The zero-order chi connectivity index (χ0) is 12.1. The molecule has 0 atom stereocenters. The van der Waals surface area contributed by atoms with Gasteiger partial charge in [0.25, 0.3) is 5.56 Å². The Morgan fingerprint density at radius 2 is 2.12 bits per heavy atom. The SMILES string of the molecule is CCNC(=S)NCc1c(C)cc(C)[nH]c1=O. The van der Waals surface area contributed by atoms with E-state index in [1.807, 2.05) is 26.8 Å². The minimum absolute atomic E-state index is 0.0516. The summed E-state index contributed by atoms with van der Waals surface area (Å²) < 4.78 is 0. The second-order valence-corrected chi connectivity index (χ2v) is 4.06. The molecule has 0 aliphatic carbocycles. The topological polar surface area (TPSA) is 56.9 Å². The average Bonchev–Trinajstić information content (AvgIpc) is 2.16. The Morgan fingerprint density at radius 3 is 2.69 bits per heavy atom. The standard InChI is InChI=1S/C11H17N3OS/c1-4-12-11(16)13-6-9-7(2)5-8(3)14-10(9)15/h5H,4,6H2,1-3H3,(H,14,15)(H2,12,13,16). The third-order valence-electron chi connectivity index (χ3n) is 2.26. The predicted molar refractivity (Wildman–Crippen MR) is 69.7 cm³/mol. The molecule has 0 spiro atoms. The highest BCUT2D eigenvalue weighted by Gasteiger charge is 2.05. The van der Waals surface area contributed by atoms with Crippen molar-refractivity contribution in [3.05, 3.63) is 33.2 Å². The number of rotatable bonds is 3. The van der Waals surface area contributed by atoms with E-state index in [1.165, 1.54) is 0 Å². The van der Waals surface area contributed by atoms with Gasteiger partial charge in [0.15, 0.2) is 5.11 Å². The Balaban J connectivity index is 2.75. The van der Waals surface area contributed by atoms with E-state index in [-0.39, 0.29) is 5.56 Å². The number of aryl methyl sites for hydroxylation is 2. The highest BCUT2D eigenvalue weighted by molar-refractivity contribution is 7.80. The Morgan fingerprint density at radius 1 is 1.44 bits per heavy atom. The van der Waals surface area contributed by atoms with Gasteiger partial charge in [-0.05, 0) is 44.6 Å². The van der Waals surface area contributed by atoms with E-state index in [0.717, 1.165) is 23.4 Å². The van der Waals surface area contributed by atoms with Gasteiger partial charge in [0.2, 0.25) is 0 Å². The third kappa shape index (κ3) is 3.34. The lowest BCUT2D eigenvalue weighted by Crippen LogP contribution is -2.36. The molecule has 16 heavy (non-hydrogen) atoms. The van der Waals surface area contributed by atoms with Crippen molar-refractivity contribution in [1.82, 2.24) is 15.6 Å². The van der Waals surface area contributed by atoms with Crippen LogP contribution in [0.1, 0.15) is 23.7 Å². The summed E-state index contributed by atoms with van der Waals surface area (Å²) in [6, 6.07) is 1.95. The highest BCUT2D eigenvalue weighted by atomic mass is 32.1. The molecular weight excluding hydrogens is 222 g/mol. The van der Waals surface area contributed by atoms with Gasteiger partial charge in [0.05, 0.1) is 0 Å². The lowest BCUT2D eigenvalue weighted by molar-refractivity contribution is 0.835. The van der Waals surface area contributed by atoms with Crippen LogP contribution in [0.4, 0.5) is 0 Å². The van der Waals surface area contributed by atoms with Gasteiger partial charge in [-0.3, -0.25) is 4.79 Å². The fourth-order valence-electron chi connectivity index (χ4n) is 1.49. The molecule has 0 aromatic carbocycles. The van der Waals surface area contributed by atoms with E-state index in [9.17, 15) is 4.79 Å². The van der Waals surface area contributed by atoms with Crippen molar-refractivity contribution in [2.45, 2.75) is 27.3 Å². The maximum atomic E-state index is 11.7. The molecule has 1 heterocycles. The minimum atomic E-state index is -0.0516. The first-order valence-corrected chi connectivity index (χ1v) is 5.66. The molecule has 5 heteroatoms. The molecule has 1 aromatic rings. The summed E-state index contributed by atoms with van der Waals surface area (Å²) in [7, 11) is 0. The van der Waals surface area contributed by atoms with Crippen molar-refractivity contribution in [3.63, 3.8) is 0 Å². The lowest BCUT2D eigenvalue weighted by Gasteiger charge is -2.10. The van der Waals surface area contributed by atoms with E-state index in [2.05, 4.69) is 15.6 Å². The van der Waals surface area contributed by atoms with E-state index >= 15 is 0 Å². The molecule has 88 valence electrons. The first-order chi connectivity index (χ1) is 7.54.